The summed E-state index contributed by atoms with van der Waals surface area (Å²) in [6.45, 7) is 6.21. The molecule has 5 nitrogen and oxygen atoms in total. The zero-order valence-corrected chi connectivity index (χ0v) is 13.3. The lowest BCUT2D eigenvalue weighted by molar-refractivity contribution is -0.137. The predicted octanol–water partition coefficient (Wildman–Crippen LogP) is 3.20. The number of hydrogen-bond acceptors (Lipinski definition) is 4. The number of alkyl halides is 3. The minimum Gasteiger partial charge on any atom is -0.444 e. The molecule has 0 aliphatic carbocycles. The number of halogens is 3. The Balaban J connectivity index is 1.97. The lowest BCUT2D eigenvalue weighted by atomic mass is 10.2. The minimum atomic E-state index is -4.40. The molecule has 128 valence electrons. The van der Waals surface area contributed by atoms with Gasteiger partial charge in [-0.05, 0) is 39.3 Å². The van der Waals surface area contributed by atoms with E-state index in [0.29, 0.717) is 19.5 Å². The molecule has 2 heterocycles. The van der Waals surface area contributed by atoms with Crippen LogP contribution < -0.4 is 10.2 Å². The van der Waals surface area contributed by atoms with E-state index in [1.54, 1.807) is 25.7 Å². The van der Waals surface area contributed by atoms with Crippen molar-refractivity contribution >= 4 is 11.9 Å². The fourth-order valence-corrected chi connectivity index (χ4v) is 2.33. The Kier molecular flexibility index (Phi) is 4.72. The van der Waals surface area contributed by atoms with Gasteiger partial charge in [0.25, 0.3) is 0 Å². The molecule has 1 aromatic rings. The molecule has 1 aliphatic rings. The van der Waals surface area contributed by atoms with E-state index in [9.17, 15) is 18.0 Å². The fourth-order valence-electron chi connectivity index (χ4n) is 2.33. The summed E-state index contributed by atoms with van der Waals surface area (Å²) in [6, 6.07) is 1.78. The fraction of sp³-hybridized carbons (Fsp3) is 0.600. The van der Waals surface area contributed by atoms with Crippen molar-refractivity contribution in [3.63, 3.8) is 0 Å². The van der Waals surface area contributed by atoms with Crippen molar-refractivity contribution in [2.75, 3.05) is 18.0 Å². The molecule has 0 bridgehead atoms. The molecule has 1 amide bonds. The number of hydrogen-bond donors (Lipinski definition) is 1. The Hall–Kier alpha value is -1.99. The van der Waals surface area contributed by atoms with Crippen molar-refractivity contribution in [1.29, 1.82) is 0 Å². The van der Waals surface area contributed by atoms with Gasteiger partial charge in [-0.2, -0.15) is 13.2 Å². The van der Waals surface area contributed by atoms with Crippen LogP contribution in [0.15, 0.2) is 18.3 Å². The van der Waals surface area contributed by atoms with Gasteiger partial charge in [0.1, 0.15) is 11.4 Å². The normalized spacial score (nSPS) is 18.9. The van der Waals surface area contributed by atoms with Gasteiger partial charge in [0.2, 0.25) is 0 Å². The zero-order valence-electron chi connectivity index (χ0n) is 13.3. The second-order valence-corrected chi connectivity index (χ2v) is 6.48. The average Bonchev–Trinajstić information content (AvgIpc) is 2.84. The van der Waals surface area contributed by atoms with E-state index in [4.69, 9.17) is 4.74 Å². The summed E-state index contributed by atoms with van der Waals surface area (Å²) in [5.74, 6) is 0.258. The van der Waals surface area contributed by atoms with Crippen molar-refractivity contribution in [1.82, 2.24) is 10.3 Å². The molecular weight excluding hydrogens is 311 g/mol. The highest BCUT2D eigenvalue weighted by Crippen LogP contribution is 2.31. The van der Waals surface area contributed by atoms with Gasteiger partial charge in [0, 0.05) is 19.3 Å². The number of carbonyl (C=O) groups excluding carboxylic acids is 1. The maximum atomic E-state index is 12.7. The number of anilines is 1. The van der Waals surface area contributed by atoms with E-state index in [1.165, 1.54) is 0 Å². The van der Waals surface area contributed by atoms with Crippen LogP contribution in [-0.2, 0) is 10.9 Å². The molecule has 8 heteroatoms. The highest BCUT2D eigenvalue weighted by molar-refractivity contribution is 5.68. The van der Waals surface area contributed by atoms with Gasteiger partial charge in [-0.1, -0.05) is 0 Å². The molecule has 1 saturated heterocycles. The van der Waals surface area contributed by atoms with Crippen LogP contribution in [0.2, 0.25) is 0 Å². The second kappa shape index (κ2) is 6.25. The molecule has 0 saturated carbocycles. The molecule has 23 heavy (non-hydrogen) atoms. The van der Waals surface area contributed by atoms with Crippen LogP contribution in [-0.4, -0.2) is 35.8 Å². The van der Waals surface area contributed by atoms with Crippen LogP contribution in [0.4, 0.5) is 23.8 Å². The maximum Gasteiger partial charge on any atom is 0.416 e. The Bertz CT molecular complexity index is 570. The summed E-state index contributed by atoms with van der Waals surface area (Å²) < 4.78 is 43.4. The van der Waals surface area contributed by atoms with Gasteiger partial charge in [0.15, 0.2) is 0 Å². The Morgan fingerprint density at radius 2 is 2.09 bits per heavy atom. The van der Waals surface area contributed by atoms with Crippen LogP contribution in [0, 0.1) is 0 Å². The smallest absolute Gasteiger partial charge is 0.416 e. The first-order valence-corrected chi connectivity index (χ1v) is 7.32. The van der Waals surface area contributed by atoms with Gasteiger partial charge < -0.3 is 15.0 Å². The number of nitrogens with zero attached hydrogens (tertiary/aromatic N) is 2. The maximum absolute atomic E-state index is 12.7. The van der Waals surface area contributed by atoms with E-state index in [1.807, 2.05) is 0 Å². The number of pyridine rings is 1. The largest absolute Gasteiger partial charge is 0.444 e. The van der Waals surface area contributed by atoms with Crippen LogP contribution in [0.5, 0.6) is 0 Å². The minimum absolute atomic E-state index is 0.179. The third kappa shape index (κ3) is 5.01. The summed E-state index contributed by atoms with van der Waals surface area (Å²) >= 11 is 0. The molecule has 0 spiro atoms. The Morgan fingerprint density at radius 3 is 2.70 bits per heavy atom. The van der Waals surface area contributed by atoms with Gasteiger partial charge in [-0.25, -0.2) is 9.78 Å². The number of aromatic nitrogens is 1. The standard InChI is InChI=1S/C15H20F3N3O2/c1-14(2,3)23-13(22)20-11-5-7-21(9-11)12-8-10(4-6-19-12)15(16,17)18/h4,6,8,11H,5,7,9H2,1-3H3,(H,20,22)/t11-/m0/s1. The summed E-state index contributed by atoms with van der Waals surface area (Å²) in [6.07, 6.45) is -3.16. The van der Waals surface area contributed by atoms with E-state index < -0.39 is 23.4 Å². The monoisotopic (exact) mass is 331 g/mol. The number of nitrogens with one attached hydrogen (secondary N) is 1. The number of alkyl carbamates (subject to hydrolysis) is 1. The molecule has 1 fully saturated rings. The van der Waals surface area contributed by atoms with Gasteiger partial charge in [0.05, 0.1) is 11.6 Å². The SMILES string of the molecule is CC(C)(C)OC(=O)N[C@H]1CCN(c2cc(C(F)(F)F)ccn2)C1. The third-order valence-corrected chi connectivity index (χ3v) is 3.31. The first kappa shape index (κ1) is 17.4. The quantitative estimate of drug-likeness (QED) is 0.904. The Morgan fingerprint density at radius 1 is 1.39 bits per heavy atom. The van der Waals surface area contributed by atoms with Crippen molar-refractivity contribution in [3.05, 3.63) is 23.9 Å². The number of ether oxygens (including phenoxy) is 1. The topological polar surface area (TPSA) is 54.5 Å². The molecular formula is C15H20F3N3O2. The summed E-state index contributed by atoms with van der Waals surface area (Å²) in [5, 5.41) is 2.73. The molecule has 1 atom stereocenters. The molecule has 1 aliphatic heterocycles. The lowest BCUT2D eigenvalue weighted by Gasteiger charge is -2.22. The van der Waals surface area contributed by atoms with Crippen molar-refractivity contribution < 1.29 is 22.7 Å². The average molecular weight is 331 g/mol. The van der Waals surface area contributed by atoms with Crippen molar-refractivity contribution in [2.24, 2.45) is 0 Å². The molecule has 2 rings (SSSR count). The summed E-state index contributed by atoms with van der Waals surface area (Å²) in [7, 11) is 0. The summed E-state index contributed by atoms with van der Waals surface area (Å²) in [4.78, 5) is 17.4. The molecule has 0 aromatic carbocycles. The zero-order chi connectivity index (χ0) is 17.3. The predicted molar refractivity (Wildman–Crippen MR) is 79.2 cm³/mol. The van der Waals surface area contributed by atoms with Gasteiger partial charge in [-0.15, -0.1) is 0 Å². The molecule has 0 radical (unpaired) electrons. The van der Waals surface area contributed by atoms with Crippen LogP contribution >= 0.6 is 0 Å². The molecule has 1 aromatic heterocycles. The van der Waals surface area contributed by atoms with Gasteiger partial charge >= 0.3 is 12.3 Å². The summed E-state index contributed by atoms with van der Waals surface area (Å²) in [5.41, 5.74) is -1.32. The number of rotatable bonds is 2. The lowest BCUT2D eigenvalue weighted by Crippen LogP contribution is -2.40. The number of carbonyl (C=O) groups is 1. The van der Waals surface area contributed by atoms with E-state index in [-0.39, 0.29) is 11.9 Å². The highest BCUT2D eigenvalue weighted by Gasteiger charge is 2.32. The highest BCUT2D eigenvalue weighted by atomic mass is 19.4. The molecule has 0 unspecified atom stereocenters. The van der Waals surface area contributed by atoms with E-state index in [2.05, 4.69) is 10.3 Å². The van der Waals surface area contributed by atoms with Crippen molar-refractivity contribution in [2.45, 2.75) is 45.0 Å². The van der Waals surface area contributed by atoms with Crippen LogP contribution in [0.25, 0.3) is 0 Å². The van der Waals surface area contributed by atoms with E-state index >= 15 is 0 Å². The number of amides is 1. The first-order valence-electron chi connectivity index (χ1n) is 7.32. The third-order valence-electron chi connectivity index (χ3n) is 3.31. The first-order chi connectivity index (χ1) is 10.5. The van der Waals surface area contributed by atoms with Gasteiger partial charge in [-0.3, -0.25) is 0 Å². The van der Waals surface area contributed by atoms with Crippen LogP contribution in [0.3, 0.4) is 0 Å². The molecule has 1 N–H and O–H groups in total. The Labute approximate surface area is 132 Å². The second-order valence-electron chi connectivity index (χ2n) is 6.48. The van der Waals surface area contributed by atoms with Crippen molar-refractivity contribution in [3.8, 4) is 0 Å². The van der Waals surface area contributed by atoms with Crippen LogP contribution in [0.1, 0.15) is 32.8 Å². The van der Waals surface area contributed by atoms with E-state index in [0.717, 1.165) is 18.3 Å².